The average Bonchev–Trinajstić information content (AvgIpc) is 3.62. The highest BCUT2D eigenvalue weighted by Gasteiger charge is 2.24. The van der Waals surface area contributed by atoms with Crippen molar-refractivity contribution in [3.05, 3.63) is 65.9 Å². The van der Waals surface area contributed by atoms with Crippen LogP contribution in [0.3, 0.4) is 0 Å². The van der Waals surface area contributed by atoms with Crippen molar-refractivity contribution in [2.24, 2.45) is 0 Å². The molecule has 1 fully saturated rings. The van der Waals surface area contributed by atoms with Gasteiger partial charge in [-0.3, -0.25) is 9.59 Å². The van der Waals surface area contributed by atoms with E-state index in [4.69, 9.17) is 14.5 Å². The highest BCUT2D eigenvalue weighted by atomic mass is 16.6. The zero-order chi connectivity index (χ0) is 25.5. The Morgan fingerprint density at radius 1 is 0.973 bits per heavy atom. The summed E-state index contributed by atoms with van der Waals surface area (Å²) < 4.78 is 13.2. The van der Waals surface area contributed by atoms with Crippen LogP contribution in [0.4, 0.5) is 5.69 Å². The van der Waals surface area contributed by atoms with Crippen LogP contribution in [0.5, 0.6) is 11.5 Å². The van der Waals surface area contributed by atoms with E-state index in [-0.39, 0.29) is 23.9 Å². The number of hydrogen-bond donors (Lipinski definition) is 2. The number of pyridine rings is 1. The quantitative estimate of drug-likeness (QED) is 0.403. The maximum absolute atomic E-state index is 13.5. The summed E-state index contributed by atoms with van der Waals surface area (Å²) in [6.45, 7) is 5.04. The van der Waals surface area contributed by atoms with Gasteiger partial charge in [0.2, 0.25) is 0 Å². The number of nitrogens with zero attached hydrogens (tertiary/aromatic N) is 3. The fraction of sp³-hybridized carbons (Fsp3) is 0.286. The van der Waals surface area contributed by atoms with E-state index in [0.717, 1.165) is 18.4 Å². The highest BCUT2D eigenvalue weighted by molar-refractivity contribution is 6.12. The molecule has 188 valence electrons. The van der Waals surface area contributed by atoms with Crippen LogP contribution in [0.25, 0.3) is 22.3 Å². The van der Waals surface area contributed by atoms with Gasteiger partial charge < -0.3 is 20.1 Å². The second-order valence-corrected chi connectivity index (χ2v) is 9.61. The van der Waals surface area contributed by atoms with Crippen molar-refractivity contribution in [3.63, 3.8) is 0 Å². The summed E-state index contributed by atoms with van der Waals surface area (Å²) in [7, 11) is 0. The maximum Gasteiger partial charge on any atom is 0.256 e. The Balaban J connectivity index is 1.33. The smallest absolute Gasteiger partial charge is 0.256 e. The van der Waals surface area contributed by atoms with Crippen molar-refractivity contribution >= 4 is 28.5 Å². The third-order valence-electron chi connectivity index (χ3n) is 6.46. The number of fused-ring (bicyclic) bond motifs is 2. The molecule has 2 N–H and O–H groups in total. The van der Waals surface area contributed by atoms with Crippen LogP contribution in [0.2, 0.25) is 0 Å². The van der Waals surface area contributed by atoms with Crippen molar-refractivity contribution in [1.82, 2.24) is 20.1 Å². The van der Waals surface area contributed by atoms with Gasteiger partial charge >= 0.3 is 0 Å². The number of hydrogen-bond acceptors (Lipinski definition) is 6. The topological polar surface area (TPSA) is 107 Å². The lowest BCUT2D eigenvalue weighted by molar-refractivity contribution is 0.0950. The van der Waals surface area contributed by atoms with E-state index in [1.54, 1.807) is 41.2 Å². The van der Waals surface area contributed by atoms with E-state index in [1.165, 1.54) is 0 Å². The predicted octanol–water partition coefficient (Wildman–Crippen LogP) is 4.59. The first-order valence-corrected chi connectivity index (χ1v) is 12.5. The number of anilines is 1. The lowest BCUT2D eigenvalue weighted by atomic mass is 10.1. The SMILES string of the molecule is CC(C)n1ncc2c(C(=O)Nc3ccc(C(=O)NC4CC4)cc3)cc(-c3ccc4c(c3)OCCO4)nc21. The average molecular weight is 498 g/mol. The minimum Gasteiger partial charge on any atom is -0.486 e. The molecule has 2 aromatic heterocycles. The Labute approximate surface area is 213 Å². The molecule has 1 aliphatic carbocycles. The van der Waals surface area contributed by atoms with Crippen LogP contribution >= 0.6 is 0 Å². The second kappa shape index (κ2) is 9.24. The van der Waals surface area contributed by atoms with Crippen molar-refractivity contribution in [1.29, 1.82) is 0 Å². The molecule has 0 bridgehead atoms. The Morgan fingerprint density at radius 2 is 1.73 bits per heavy atom. The number of ether oxygens (including phenoxy) is 2. The zero-order valence-corrected chi connectivity index (χ0v) is 20.7. The van der Waals surface area contributed by atoms with E-state index in [9.17, 15) is 9.59 Å². The molecular formula is C28H27N5O4. The van der Waals surface area contributed by atoms with Gasteiger partial charge in [-0.15, -0.1) is 0 Å². The Morgan fingerprint density at radius 3 is 2.46 bits per heavy atom. The molecule has 0 atom stereocenters. The van der Waals surface area contributed by atoms with Gasteiger partial charge in [0, 0.05) is 28.9 Å². The number of benzene rings is 2. The van der Waals surface area contributed by atoms with Gasteiger partial charge in [-0.1, -0.05) is 0 Å². The first-order chi connectivity index (χ1) is 18.0. The van der Waals surface area contributed by atoms with E-state index in [0.29, 0.717) is 58.3 Å². The molecule has 9 nitrogen and oxygen atoms in total. The van der Waals surface area contributed by atoms with Crippen molar-refractivity contribution < 1.29 is 19.1 Å². The monoisotopic (exact) mass is 497 g/mol. The van der Waals surface area contributed by atoms with Gasteiger partial charge in [0.25, 0.3) is 11.8 Å². The Kier molecular flexibility index (Phi) is 5.75. The molecule has 2 aromatic carbocycles. The molecule has 0 saturated heterocycles. The van der Waals surface area contributed by atoms with Gasteiger partial charge in [0.1, 0.15) is 13.2 Å². The molecule has 37 heavy (non-hydrogen) atoms. The molecule has 0 spiro atoms. The number of rotatable bonds is 6. The summed E-state index contributed by atoms with van der Waals surface area (Å²) in [5, 5.41) is 11.1. The number of nitrogens with one attached hydrogen (secondary N) is 2. The van der Waals surface area contributed by atoms with Gasteiger partial charge in [-0.2, -0.15) is 5.10 Å². The number of aromatic nitrogens is 3. The summed E-state index contributed by atoms with van der Waals surface area (Å²) in [5.74, 6) is 0.960. The molecule has 4 aromatic rings. The summed E-state index contributed by atoms with van der Waals surface area (Å²) in [6.07, 6.45) is 3.74. The predicted molar refractivity (Wildman–Crippen MR) is 139 cm³/mol. The van der Waals surface area contributed by atoms with Crippen LogP contribution in [-0.2, 0) is 0 Å². The third-order valence-corrected chi connectivity index (χ3v) is 6.46. The second-order valence-electron chi connectivity index (χ2n) is 9.61. The largest absolute Gasteiger partial charge is 0.486 e. The van der Waals surface area contributed by atoms with Crippen molar-refractivity contribution in [2.45, 2.75) is 38.8 Å². The minimum atomic E-state index is -0.287. The summed E-state index contributed by atoms with van der Waals surface area (Å²) in [6, 6.07) is 14.7. The minimum absolute atomic E-state index is 0.0609. The van der Waals surface area contributed by atoms with Gasteiger partial charge in [-0.05, 0) is 75.2 Å². The van der Waals surface area contributed by atoms with Crippen molar-refractivity contribution in [2.75, 3.05) is 18.5 Å². The first-order valence-electron chi connectivity index (χ1n) is 12.5. The lowest BCUT2D eigenvalue weighted by Crippen LogP contribution is -2.25. The van der Waals surface area contributed by atoms with Crippen molar-refractivity contribution in [3.8, 4) is 22.8 Å². The van der Waals surface area contributed by atoms with E-state index in [1.807, 2.05) is 32.0 Å². The van der Waals surface area contributed by atoms with Gasteiger partial charge in [0.15, 0.2) is 17.1 Å². The third kappa shape index (κ3) is 4.60. The van der Waals surface area contributed by atoms with Crippen LogP contribution in [0, 0.1) is 0 Å². The van der Waals surface area contributed by atoms with E-state index >= 15 is 0 Å². The molecular weight excluding hydrogens is 470 g/mol. The van der Waals surface area contributed by atoms with Crippen LogP contribution in [0.1, 0.15) is 53.4 Å². The normalized spacial score (nSPS) is 14.6. The molecule has 3 heterocycles. The van der Waals surface area contributed by atoms with Crippen LogP contribution in [0.15, 0.2) is 54.7 Å². The fourth-order valence-corrected chi connectivity index (χ4v) is 4.33. The summed E-state index contributed by atoms with van der Waals surface area (Å²) >= 11 is 0. The first kappa shape index (κ1) is 23.0. The zero-order valence-electron chi connectivity index (χ0n) is 20.7. The standard InChI is InChI=1S/C28H27N5O4/c1-16(2)33-26-22(15-29-33)21(14-23(32-26)18-5-10-24-25(13-18)37-12-11-36-24)28(35)31-19-6-3-17(4-7-19)27(34)30-20-8-9-20/h3-7,10,13-16,20H,8-9,11-12H2,1-2H3,(H,30,34)(H,31,35). The van der Waals surface area contributed by atoms with Crippen LogP contribution < -0.4 is 20.1 Å². The highest BCUT2D eigenvalue weighted by Crippen LogP contribution is 2.35. The number of carbonyl (C=O) groups excluding carboxylic acids is 2. The molecule has 6 rings (SSSR count). The van der Waals surface area contributed by atoms with E-state index < -0.39 is 0 Å². The lowest BCUT2D eigenvalue weighted by Gasteiger charge is -2.19. The van der Waals surface area contributed by atoms with Gasteiger partial charge in [-0.25, -0.2) is 9.67 Å². The summed E-state index contributed by atoms with van der Waals surface area (Å²) in [5.41, 5.74) is 3.68. The molecule has 0 unspecified atom stereocenters. The molecule has 9 heteroatoms. The van der Waals surface area contributed by atoms with Crippen LogP contribution in [-0.4, -0.2) is 45.8 Å². The molecule has 2 amide bonds. The fourth-order valence-electron chi connectivity index (χ4n) is 4.33. The molecule has 2 aliphatic rings. The molecule has 1 aliphatic heterocycles. The molecule has 0 radical (unpaired) electrons. The Bertz CT molecular complexity index is 1510. The Hall–Kier alpha value is -4.40. The summed E-state index contributed by atoms with van der Waals surface area (Å²) in [4.78, 5) is 30.6. The number of carbonyl (C=O) groups is 2. The number of amides is 2. The maximum atomic E-state index is 13.5. The van der Waals surface area contributed by atoms with Gasteiger partial charge in [0.05, 0.1) is 22.8 Å². The molecule has 1 saturated carbocycles. The van der Waals surface area contributed by atoms with E-state index in [2.05, 4.69) is 15.7 Å².